The number of hydrogen-bond acceptors (Lipinski definition) is 2. The summed E-state index contributed by atoms with van der Waals surface area (Å²) in [6.07, 6.45) is 5.12. The van der Waals surface area contributed by atoms with E-state index in [1.54, 1.807) is 0 Å². The predicted octanol–water partition coefficient (Wildman–Crippen LogP) is 3.17. The van der Waals surface area contributed by atoms with E-state index in [0.717, 1.165) is 43.5 Å². The summed E-state index contributed by atoms with van der Waals surface area (Å²) >= 11 is 0.819. The summed E-state index contributed by atoms with van der Waals surface area (Å²) in [6.45, 7) is 0.223. The lowest BCUT2D eigenvalue weighted by Crippen LogP contribution is -2.00. The fraction of sp³-hybridized carbons (Fsp3) is 1.00. The minimum absolute atomic E-state index is 0.118. The van der Waals surface area contributed by atoms with Crippen LogP contribution in [-0.4, -0.2) is 15.0 Å². The third-order valence-corrected chi connectivity index (χ3v) is 4.73. The van der Waals surface area contributed by atoms with Crippen LogP contribution in [0.3, 0.4) is 0 Å². The largest absolute Gasteiger partial charge is 0.384 e. The highest BCUT2D eigenvalue weighted by atomic mass is 32.7. The molecular formula is C8H19O3PS. The molecule has 1 unspecified atom stereocenters. The summed E-state index contributed by atoms with van der Waals surface area (Å²) in [6, 6.07) is 0. The van der Waals surface area contributed by atoms with Gasteiger partial charge in [-0.3, -0.25) is 0 Å². The van der Waals surface area contributed by atoms with Gasteiger partial charge in [-0.1, -0.05) is 33.1 Å². The van der Waals surface area contributed by atoms with Crippen LogP contribution in [0.2, 0.25) is 0 Å². The molecule has 0 saturated carbocycles. The molecule has 0 aromatic rings. The van der Waals surface area contributed by atoms with E-state index in [1.165, 1.54) is 0 Å². The Bertz CT molecular complexity index is 169. The van der Waals surface area contributed by atoms with Gasteiger partial charge >= 0.3 is 6.80 Å². The molecule has 1 atom stereocenters. The lowest BCUT2D eigenvalue weighted by atomic mass is 10.1. The van der Waals surface area contributed by atoms with Gasteiger partial charge < -0.3 is 9.79 Å². The van der Waals surface area contributed by atoms with Gasteiger partial charge in [-0.2, -0.15) is 0 Å². The van der Waals surface area contributed by atoms with Gasteiger partial charge in [0.25, 0.3) is 0 Å². The lowest BCUT2D eigenvalue weighted by molar-refractivity contribution is 0.396. The standard InChI is InChI=1S/C8H19O3PS/c1-3-5-6-7-8(4-2)13-12(9,10)11/h8H,3-7H2,1-2H3,(H2,9,10,11). The summed E-state index contributed by atoms with van der Waals surface area (Å²) < 4.78 is 10.7. The molecule has 0 saturated heterocycles. The zero-order chi connectivity index (χ0) is 10.3. The van der Waals surface area contributed by atoms with Crippen LogP contribution in [0.4, 0.5) is 0 Å². The highest BCUT2D eigenvalue weighted by molar-refractivity contribution is 8.54. The van der Waals surface area contributed by atoms with Gasteiger partial charge in [0.1, 0.15) is 0 Å². The fourth-order valence-electron chi connectivity index (χ4n) is 1.15. The molecule has 0 aliphatic carbocycles. The van der Waals surface area contributed by atoms with E-state index in [2.05, 4.69) is 6.92 Å². The summed E-state index contributed by atoms with van der Waals surface area (Å²) in [5.41, 5.74) is 0. The molecule has 0 fully saturated rings. The van der Waals surface area contributed by atoms with E-state index < -0.39 is 6.80 Å². The molecule has 3 nitrogen and oxygen atoms in total. The smallest absolute Gasteiger partial charge is 0.317 e. The van der Waals surface area contributed by atoms with Crippen molar-refractivity contribution in [3.8, 4) is 0 Å². The third-order valence-electron chi connectivity index (χ3n) is 1.87. The Labute approximate surface area is 84.2 Å². The molecule has 0 spiro atoms. The first-order chi connectivity index (χ1) is 5.99. The first-order valence-corrected chi connectivity index (χ1v) is 7.83. The van der Waals surface area contributed by atoms with Crippen LogP contribution in [0.25, 0.3) is 0 Å². The first kappa shape index (κ1) is 13.5. The van der Waals surface area contributed by atoms with Crippen molar-refractivity contribution in [2.75, 3.05) is 0 Å². The summed E-state index contributed by atoms with van der Waals surface area (Å²) in [5.74, 6) is 0. The van der Waals surface area contributed by atoms with Crippen molar-refractivity contribution >= 4 is 18.2 Å². The Morgan fingerprint density at radius 2 is 1.92 bits per heavy atom. The Morgan fingerprint density at radius 3 is 2.31 bits per heavy atom. The highest BCUT2D eigenvalue weighted by Crippen LogP contribution is 2.54. The Morgan fingerprint density at radius 1 is 1.31 bits per heavy atom. The van der Waals surface area contributed by atoms with Gasteiger partial charge in [-0.25, -0.2) is 4.57 Å². The van der Waals surface area contributed by atoms with Gasteiger partial charge in [-0.15, -0.1) is 0 Å². The van der Waals surface area contributed by atoms with E-state index in [9.17, 15) is 4.57 Å². The van der Waals surface area contributed by atoms with Gasteiger partial charge in [0.15, 0.2) is 0 Å². The van der Waals surface area contributed by atoms with Crippen LogP contribution in [0, 0.1) is 0 Å². The monoisotopic (exact) mass is 226 g/mol. The topological polar surface area (TPSA) is 57.5 Å². The predicted molar refractivity (Wildman–Crippen MR) is 57.9 cm³/mol. The number of unbranched alkanes of at least 4 members (excludes halogenated alkanes) is 2. The average molecular weight is 226 g/mol. The highest BCUT2D eigenvalue weighted by Gasteiger charge is 2.20. The van der Waals surface area contributed by atoms with E-state index in [0.29, 0.717) is 0 Å². The molecule has 2 N–H and O–H groups in total. The normalized spacial score (nSPS) is 14.5. The van der Waals surface area contributed by atoms with E-state index in [-0.39, 0.29) is 5.25 Å². The molecule has 13 heavy (non-hydrogen) atoms. The molecule has 5 heteroatoms. The van der Waals surface area contributed by atoms with Crippen molar-refractivity contribution in [1.29, 1.82) is 0 Å². The second-order valence-corrected chi connectivity index (χ2v) is 7.04. The molecule has 0 aliphatic rings. The van der Waals surface area contributed by atoms with Crippen molar-refractivity contribution in [3.63, 3.8) is 0 Å². The number of rotatable bonds is 7. The summed E-state index contributed by atoms with van der Waals surface area (Å²) in [7, 11) is 0. The quantitative estimate of drug-likeness (QED) is 0.517. The molecule has 0 aliphatic heterocycles. The minimum Gasteiger partial charge on any atom is -0.317 e. The fourth-order valence-corrected chi connectivity index (χ4v) is 3.89. The maximum atomic E-state index is 10.7. The van der Waals surface area contributed by atoms with Crippen molar-refractivity contribution in [2.24, 2.45) is 0 Å². The second kappa shape index (κ2) is 6.88. The Hall–Kier alpha value is 0.500. The van der Waals surface area contributed by atoms with E-state index >= 15 is 0 Å². The van der Waals surface area contributed by atoms with Crippen LogP contribution in [-0.2, 0) is 4.57 Å². The molecule has 0 aromatic carbocycles. The van der Waals surface area contributed by atoms with E-state index in [1.807, 2.05) is 6.92 Å². The summed E-state index contributed by atoms with van der Waals surface area (Å²) in [4.78, 5) is 17.5. The molecular weight excluding hydrogens is 207 g/mol. The van der Waals surface area contributed by atoms with Crippen LogP contribution in [0.15, 0.2) is 0 Å². The molecule has 0 amide bonds. The Kier molecular flexibility index (Phi) is 7.15. The van der Waals surface area contributed by atoms with Crippen LogP contribution < -0.4 is 0 Å². The summed E-state index contributed by atoms with van der Waals surface area (Å²) in [5, 5.41) is 0.118. The van der Waals surface area contributed by atoms with Gasteiger partial charge in [0.2, 0.25) is 0 Å². The molecule has 0 aromatic heterocycles. The first-order valence-electron chi connectivity index (χ1n) is 4.73. The maximum absolute atomic E-state index is 10.7. The van der Waals surface area contributed by atoms with Crippen molar-refractivity contribution in [3.05, 3.63) is 0 Å². The van der Waals surface area contributed by atoms with Crippen molar-refractivity contribution in [1.82, 2.24) is 0 Å². The van der Waals surface area contributed by atoms with Gasteiger partial charge in [0, 0.05) is 5.25 Å². The lowest BCUT2D eigenvalue weighted by Gasteiger charge is -2.14. The van der Waals surface area contributed by atoms with Crippen molar-refractivity contribution in [2.45, 2.75) is 51.2 Å². The Balaban J connectivity index is 3.70. The van der Waals surface area contributed by atoms with Gasteiger partial charge in [0.05, 0.1) is 0 Å². The number of hydrogen-bond donors (Lipinski definition) is 2. The zero-order valence-electron chi connectivity index (χ0n) is 8.27. The zero-order valence-corrected chi connectivity index (χ0v) is 9.98. The minimum atomic E-state index is -3.87. The molecule has 0 radical (unpaired) electrons. The van der Waals surface area contributed by atoms with Crippen LogP contribution in [0.1, 0.15) is 46.0 Å². The maximum Gasteiger partial charge on any atom is 0.384 e. The van der Waals surface area contributed by atoms with Crippen LogP contribution in [0.5, 0.6) is 0 Å². The van der Waals surface area contributed by atoms with Crippen LogP contribution >= 0.6 is 18.2 Å². The molecule has 0 bridgehead atoms. The average Bonchev–Trinajstić information content (AvgIpc) is 2.01. The molecule has 0 heterocycles. The second-order valence-electron chi connectivity index (χ2n) is 3.12. The third kappa shape index (κ3) is 8.82. The SMILES string of the molecule is CCCCCC(CC)SP(=O)(O)O. The molecule has 0 rings (SSSR count). The molecule has 80 valence electrons. The van der Waals surface area contributed by atoms with E-state index in [4.69, 9.17) is 9.79 Å². The van der Waals surface area contributed by atoms with Crippen molar-refractivity contribution < 1.29 is 14.4 Å². The van der Waals surface area contributed by atoms with Gasteiger partial charge in [-0.05, 0) is 24.2 Å².